The van der Waals surface area contributed by atoms with Crippen molar-refractivity contribution in [3.63, 3.8) is 0 Å². The molecule has 2 aromatic carbocycles. The van der Waals surface area contributed by atoms with E-state index in [1.165, 1.54) is 6.07 Å². The number of benzene rings is 2. The number of hydrogen-bond donors (Lipinski definition) is 3. The number of nitrogens with two attached hydrogens (primary N) is 1. The van der Waals surface area contributed by atoms with E-state index in [1.54, 1.807) is 6.07 Å². The summed E-state index contributed by atoms with van der Waals surface area (Å²) in [6.45, 7) is 1.88. The van der Waals surface area contributed by atoms with Crippen molar-refractivity contribution in [2.75, 3.05) is 11.1 Å². The first-order valence-corrected chi connectivity index (χ1v) is 7.73. The van der Waals surface area contributed by atoms with Crippen LogP contribution in [0.2, 0.25) is 0 Å². The quantitative estimate of drug-likeness (QED) is 0.553. The third kappa shape index (κ3) is 3.11. The van der Waals surface area contributed by atoms with Crippen LogP contribution in [0.5, 0.6) is 0 Å². The Hall–Kier alpha value is -2.23. The summed E-state index contributed by atoms with van der Waals surface area (Å²) >= 11 is 2.18. The van der Waals surface area contributed by atoms with Gasteiger partial charge in [0.15, 0.2) is 17.5 Å². The maximum atomic E-state index is 14.3. The predicted octanol–water partition coefficient (Wildman–Crippen LogP) is 3.99. The zero-order chi connectivity index (χ0) is 16.6. The molecule has 0 amide bonds. The van der Waals surface area contributed by atoms with Gasteiger partial charge in [0.05, 0.1) is 5.69 Å². The number of nitrogens with zero attached hydrogens (tertiary/aromatic N) is 2. The summed E-state index contributed by atoms with van der Waals surface area (Å²) in [6.07, 6.45) is 0. The number of aryl methyl sites for hydroxylation is 1. The summed E-state index contributed by atoms with van der Waals surface area (Å²) in [5.74, 6) is -1.59. The molecule has 1 heterocycles. The fourth-order valence-electron chi connectivity index (χ4n) is 2.17. The molecule has 3 aromatic rings. The van der Waals surface area contributed by atoms with Crippen LogP contribution in [0.1, 0.15) is 5.56 Å². The topological polar surface area (TPSA) is 79.6 Å². The minimum atomic E-state index is -0.990. The molecule has 0 aliphatic carbocycles. The molecule has 0 radical (unpaired) electrons. The fraction of sp³-hybridized carbons (Fsp3) is 0.0667. The van der Waals surface area contributed by atoms with Crippen molar-refractivity contribution < 1.29 is 8.78 Å². The van der Waals surface area contributed by atoms with Gasteiger partial charge < -0.3 is 16.0 Å². The molecule has 0 saturated heterocycles. The average Bonchev–Trinajstić information content (AvgIpc) is 2.93. The van der Waals surface area contributed by atoms with Gasteiger partial charge in [-0.3, -0.25) is 0 Å². The lowest BCUT2D eigenvalue weighted by molar-refractivity contribution is 0.512. The monoisotopic (exact) mass is 427 g/mol. The standard InChI is InChI=1S/C15H12F2IN5/c1-7-6-8(18)2-5-11(7)20-13-9(3-4-10(16)12(13)17)14-21-15(19)23-22-14/h2-6,20H,1H3,(H3,19,21,22,23). The number of halogens is 3. The van der Waals surface area contributed by atoms with E-state index < -0.39 is 11.6 Å². The maximum absolute atomic E-state index is 14.3. The minimum Gasteiger partial charge on any atom is -0.368 e. The molecule has 0 fully saturated rings. The molecular weight excluding hydrogens is 415 g/mol. The van der Waals surface area contributed by atoms with Crippen LogP contribution >= 0.6 is 22.6 Å². The number of aromatic amines is 1. The van der Waals surface area contributed by atoms with Crippen molar-refractivity contribution in [2.24, 2.45) is 0 Å². The van der Waals surface area contributed by atoms with Crippen molar-refractivity contribution in [3.8, 4) is 11.4 Å². The zero-order valence-electron chi connectivity index (χ0n) is 12.0. The second-order valence-electron chi connectivity index (χ2n) is 4.93. The lowest BCUT2D eigenvalue weighted by atomic mass is 10.1. The molecule has 1 aromatic heterocycles. The summed E-state index contributed by atoms with van der Waals surface area (Å²) in [7, 11) is 0. The molecule has 0 unspecified atom stereocenters. The number of nitrogens with one attached hydrogen (secondary N) is 2. The number of aromatic nitrogens is 3. The second kappa shape index (κ2) is 6.11. The number of H-pyrrole nitrogens is 1. The molecule has 0 atom stereocenters. The SMILES string of the molecule is Cc1cc(I)ccc1Nc1c(-c2nnc(N)[nH]2)ccc(F)c1F. The predicted molar refractivity (Wildman–Crippen MR) is 93.3 cm³/mol. The van der Waals surface area contributed by atoms with Crippen molar-refractivity contribution in [1.29, 1.82) is 0 Å². The molecule has 0 spiro atoms. The summed E-state index contributed by atoms with van der Waals surface area (Å²) in [4.78, 5) is 2.71. The number of hydrogen-bond acceptors (Lipinski definition) is 4. The van der Waals surface area contributed by atoms with Crippen molar-refractivity contribution in [2.45, 2.75) is 6.92 Å². The molecular formula is C15H12F2IN5. The van der Waals surface area contributed by atoms with Crippen LogP contribution in [0.4, 0.5) is 26.1 Å². The van der Waals surface area contributed by atoms with Gasteiger partial charge in [-0.05, 0) is 65.4 Å². The Bertz CT molecular complexity index is 878. The highest BCUT2D eigenvalue weighted by atomic mass is 127. The van der Waals surface area contributed by atoms with Gasteiger partial charge in [-0.15, -0.1) is 10.2 Å². The van der Waals surface area contributed by atoms with Crippen LogP contribution in [-0.2, 0) is 0 Å². The van der Waals surface area contributed by atoms with Gasteiger partial charge in [0, 0.05) is 14.8 Å². The van der Waals surface area contributed by atoms with Crippen LogP contribution in [0, 0.1) is 22.1 Å². The lowest BCUT2D eigenvalue weighted by Gasteiger charge is -2.14. The molecule has 0 aliphatic heterocycles. The van der Waals surface area contributed by atoms with Crippen LogP contribution in [0.3, 0.4) is 0 Å². The highest BCUT2D eigenvalue weighted by Crippen LogP contribution is 2.33. The third-order valence-corrected chi connectivity index (χ3v) is 3.97. The number of anilines is 3. The van der Waals surface area contributed by atoms with Crippen LogP contribution in [0.15, 0.2) is 30.3 Å². The summed E-state index contributed by atoms with van der Waals surface area (Å²) in [5.41, 5.74) is 7.40. The zero-order valence-corrected chi connectivity index (χ0v) is 14.1. The molecule has 3 rings (SSSR count). The van der Waals surface area contributed by atoms with E-state index >= 15 is 0 Å². The van der Waals surface area contributed by atoms with Crippen LogP contribution in [-0.4, -0.2) is 15.2 Å². The normalized spacial score (nSPS) is 10.8. The van der Waals surface area contributed by atoms with Gasteiger partial charge in [0.25, 0.3) is 0 Å². The van der Waals surface area contributed by atoms with E-state index in [9.17, 15) is 8.78 Å². The van der Waals surface area contributed by atoms with E-state index in [0.29, 0.717) is 11.3 Å². The molecule has 4 N–H and O–H groups in total. The first-order valence-electron chi connectivity index (χ1n) is 6.65. The molecule has 8 heteroatoms. The molecule has 23 heavy (non-hydrogen) atoms. The van der Waals surface area contributed by atoms with Crippen molar-refractivity contribution in [3.05, 3.63) is 51.1 Å². The highest BCUT2D eigenvalue weighted by Gasteiger charge is 2.18. The van der Waals surface area contributed by atoms with E-state index in [1.807, 2.05) is 19.1 Å². The fourth-order valence-corrected chi connectivity index (χ4v) is 2.82. The van der Waals surface area contributed by atoms with Crippen LogP contribution < -0.4 is 11.1 Å². The average molecular weight is 427 g/mol. The maximum Gasteiger partial charge on any atom is 0.219 e. The molecule has 5 nitrogen and oxygen atoms in total. The number of rotatable bonds is 3. The highest BCUT2D eigenvalue weighted by molar-refractivity contribution is 14.1. The summed E-state index contributed by atoms with van der Waals surface area (Å²) in [6, 6.07) is 8.07. The Morgan fingerprint density at radius 3 is 2.61 bits per heavy atom. The summed E-state index contributed by atoms with van der Waals surface area (Å²) < 4.78 is 29.0. The van der Waals surface area contributed by atoms with E-state index in [0.717, 1.165) is 15.2 Å². The first-order chi connectivity index (χ1) is 11.0. The van der Waals surface area contributed by atoms with Gasteiger partial charge in [-0.1, -0.05) is 0 Å². The van der Waals surface area contributed by atoms with Gasteiger partial charge in [0.1, 0.15) is 0 Å². The molecule has 0 aliphatic rings. The Morgan fingerprint density at radius 1 is 1.17 bits per heavy atom. The van der Waals surface area contributed by atoms with Gasteiger partial charge >= 0.3 is 0 Å². The van der Waals surface area contributed by atoms with Crippen LogP contribution in [0.25, 0.3) is 11.4 Å². The Kier molecular flexibility index (Phi) is 4.16. The molecule has 118 valence electrons. The Morgan fingerprint density at radius 2 is 1.96 bits per heavy atom. The molecule has 0 saturated carbocycles. The van der Waals surface area contributed by atoms with Gasteiger partial charge in [-0.25, -0.2) is 8.78 Å². The number of nitrogen functional groups attached to an aromatic ring is 1. The smallest absolute Gasteiger partial charge is 0.219 e. The van der Waals surface area contributed by atoms with Gasteiger partial charge in [0.2, 0.25) is 5.95 Å². The second-order valence-corrected chi connectivity index (χ2v) is 6.17. The van der Waals surface area contributed by atoms with Crippen molar-refractivity contribution >= 4 is 39.9 Å². The first kappa shape index (κ1) is 15.7. The van der Waals surface area contributed by atoms with Crippen molar-refractivity contribution in [1.82, 2.24) is 15.2 Å². The van der Waals surface area contributed by atoms with E-state index in [4.69, 9.17) is 5.73 Å². The van der Waals surface area contributed by atoms with Gasteiger partial charge in [-0.2, -0.15) is 0 Å². The van der Waals surface area contributed by atoms with E-state index in [2.05, 4.69) is 43.1 Å². The largest absolute Gasteiger partial charge is 0.368 e. The minimum absolute atomic E-state index is 0.0227. The molecule has 0 bridgehead atoms. The van der Waals surface area contributed by atoms with E-state index in [-0.39, 0.29) is 17.5 Å². The lowest BCUT2D eigenvalue weighted by Crippen LogP contribution is -2.01. The third-order valence-electron chi connectivity index (χ3n) is 3.30. The Balaban J connectivity index is 2.11. The Labute approximate surface area is 144 Å². The summed E-state index contributed by atoms with van der Waals surface area (Å²) in [5, 5.41) is 10.4.